The molecular weight excluding hydrogens is 1110 g/mol. The van der Waals surface area contributed by atoms with Gasteiger partial charge in [0.2, 0.25) is 59.1 Å². The molecule has 0 unspecified atom stereocenters. The average molecular weight is 1200 g/mol. The van der Waals surface area contributed by atoms with Crippen molar-refractivity contribution in [3.63, 3.8) is 0 Å². The molecule has 2 fully saturated rings. The summed E-state index contributed by atoms with van der Waals surface area (Å²) in [7, 11) is 0. The fraction of sp³-hybridized carbons (Fsp3) is 0.692. The van der Waals surface area contributed by atoms with Crippen LogP contribution in [0.3, 0.4) is 0 Å². The number of aliphatic hydroxyl groups excluding tert-OH is 8. The van der Waals surface area contributed by atoms with Gasteiger partial charge in [0.25, 0.3) is 0 Å². The molecule has 23 N–H and O–H groups in total. The topological polar surface area (TPSA) is 546 Å². The lowest BCUT2D eigenvalue weighted by atomic mass is 9.94. The first kappa shape index (κ1) is 71.5. The maximum absolute atomic E-state index is 14.2. The van der Waals surface area contributed by atoms with Crippen molar-refractivity contribution in [1.29, 1.82) is 0 Å². The van der Waals surface area contributed by atoms with E-state index in [9.17, 15) is 93.9 Å². The van der Waals surface area contributed by atoms with E-state index in [1.54, 1.807) is 0 Å². The Morgan fingerprint density at radius 3 is 1.74 bits per heavy atom. The lowest BCUT2D eigenvalue weighted by molar-refractivity contribution is -0.293. The first-order valence-corrected chi connectivity index (χ1v) is 27.8. The molecule has 0 radical (unpaired) electrons. The molecule has 1 aromatic rings. The van der Waals surface area contributed by atoms with E-state index in [1.807, 2.05) is 0 Å². The molecule has 2 aliphatic rings. The van der Waals surface area contributed by atoms with Crippen LogP contribution in [-0.4, -0.2) is 223 Å². The Morgan fingerprint density at radius 1 is 0.643 bits per heavy atom. The zero-order valence-electron chi connectivity index (χ0n) is 46.8. The highest BCUT2D eigenvalue weighted by molar-refractivity contribution is 5.99. The van der Waals surface area contributed by atoms with Crippen LogP contribution >= 0.6 is 0 Å². The summed E-state index contributed by atoms with van der Waals surface area (Å²) in [4.78, 5) is 135. The lowest BCUT2D eigenvalue weighted by Gasteiger charge is -2.38. The van der Waals surface area contributed by atoms with Gasteiger partial charge < -0.3 is 115 Å². The molecular formula is C52H85N11O21. The first-order chi connectivity index (χ1) is 39.8. The molecule has 2 heterocycles. The molecule has 2 aliphatic heterocycles. The Bertz CT molecular complexity index is 2320. The minimum Gasteiger partial charge on any atom is -0.508 e. The number of primary amides is 2. The molecule has 0 aliphatic carbocycles. The summed E-state index contributed by atoms with van der Waals surface area (Å²) in [5, 5.41) is 115. The largest absolute Gasteiger partial charge is 0.508 e. The molecule has 1 aromatic carbocycles. The number of rotatable bonds is 26. The maximum atomic E-state index is 14.2. The van der Waals surface area contributed by atoms with Gasteiger partial charge in [0, 0.05) is 12.5 Å². The molecule has 32 nitrogen and oxygen atoms in total. The number of unbranched alkanes of at least 4 members (excludes halogenated alkanes) is 8. The van der Waals surface area contributed by atoms with Gasteiger partial charge in [-0.1, -0.05) is 76.8 Å². The fourth-order valence-corrected chi connectivity index (χ4v) is 9.09. The lowest BCUT2D eigenvalue weighted by Crippen LogP contribution is -2.60. The van der Waals surface area contributed by atoms with E-state index in [0.717, 1.165) is 57.1 Å². The third-order valence-electron chi connectivity index (χ3n) is 13.8. The van der Waals surface area contributed by atoms with E-state index in [1.165, 1.54) is 12.1 Å². The van der Waals surface area contributed by atoms with Crippen LogP contribution in [0.25, 0.3) is 0 Å². The molecule has 32 heteroatoms. The Kier molecular flexibility index (Phi) is 31.4. The second-order valence-electron chi connectivity index (χ2n) is 20.7. The highest BCUT2D eigenvalue weighted by atomic mass is 16.7. The van der Waals surface area contributed by atoms with Crippen LogP contribution in [0.15, 0.2) is 24.3 Å². The van der Waals surface area contributed by atoms with Gasteiger partial charge in [-0.25, -0.2) is 0 Å². The van der Waals surface area contributed by atoms with Gasteiger partial charge in [0.1, 0.15) is 72.5 Å². The van der Waals surface area contributed by atoms with Crippen molar-refractivity contribution in [1.82, 2.24) is 42.5 Å². The van der Waals surface area contributed by atoms with E-state index >= 15 is 0 Å². The number of hydrogen-bond acceptors (Lipinski definition) is 22. The Hall–Kier alpha value is -6.72. The van der Waals surface area contributed by atoms with E-state index in [0.29, 0.717) is 12.8 Å². The van der Waals surface area contributed by atoms with E-state index in [2.05, 4.69) is 49.5 Å². The number of aromatic hydroxyl groups is 1. The molecule has 84 heavy (non-hydrogen) atoms. The van der Waals surface area contributed by atoms with E-state index in [4.69, 9.17) is 26.7 Å². The normalized spacial score (nSPS) is 27.3. The van der Waals surface area contributed by atoms with Crippen LogP contribution in [0.5, 0.6) is 5.75 Å². The molecule has 0 bridgehead atoms. The van der Waals surface area contributed by atoms with Crippen LogP contribution in [0.1, 0.15) is 115 Å². The number of ether oxygens (including phenoxy) is 2. The van der Waals surface area contributed by atoms with Crippen molar-refractivity contribution in [2.45, 2.75) is 195 Å². The van der Waals surface area contributed by atoms with Crippen molar-refractivity contribution in [2.75, 3.05) is 32.9 Å². The number of nitrogens with two attached hydrogens (primary N) is 3. The summed E-state index contributed by atoms with van der Waals surface area (Å²) in [6.45, 7) is -2.08. The molecule has 0 spiro atoms. The Balaban J connectivity index is 2.12. The zero-order valence-corrected chi connectivity index (χ0v) is 46.8. The number of phenols is 1. The van der Waals surface area contributed by atoms with E-state index < -0.39 is 202 Å². The zero-order chi connectivity index (χ0) is 62.6. The third kappa shape index (κ3) is 24.1. The van der Waals surface area contributed by atoms with Crippen LogP contribution in [0, 0.1) is 0 Å². The van der Waals surface area contributed by atoms with E-state index in [-0.39, 0.29) is 30.7 Å². The summed E-state index contributed by atoms with van der Waals surface area (Å²) in [6.07, 6.45) is -10.2. The molecule has 3 rings (SSSR count). The number of benzene rings is 1. The summed E-state index contributed by atoms with van der Waals surface area (Å²) in [5.41, 5.74) is 16.4. The van der Waals surface area contributed by atoms with Crippen molar-refractivity contribution in [3.8, 4) is 5.75 Å². The highest BCUT2D eigenvalue weighted by Gasteiger charge is 2.42. The summed E-state index contributed by atoms with van der Waals surface area (Å²) < 4.78 is 11.4. The van der Waals surface area contributed by atoms with Crippen molar-refractivity contribution >= 4 is 59.1 Å². The third-order valence-corrected chi connectivity index (χ3v) is 13.8. The Labute approximate surface area is 484 Å². The molecule has 0 aromatic heterocycles. The molecule has 2 saturated heterocycles. The van der Waals surface area contributed by atoms with Crippen molar-refractivity contribution in [2.24, 2.45) is 17.2 Å². The van der Waals surface area contributed by atoms with Crippen LogP contribution in [-0.2, 0) is 57.4 Å². The average Bonchev–Trinajstić information content (AvgIpc) is 3.43. The molecule has 15 atom stereocenters. The summed E-state index contributed by atoms with van der Waals surface area (Å²) in [5.74, 6) is -12.8. The second kappa shape index (κ2) is 36.9. The Morgan fingerprint density at radius 2 is 1.15 bits per heavy atom. The maximum Gasteiger partial charge on any atom is 0.246 e. The number of aliphatic hydroxyl groups is 8. The minimum atomic E-state index is -2.09. The van der Waals surface area contributed by atoms with Gasteiger partial charge >= 0.3 is 0 Å². The first-order valence-electron chi connectivity index (χ1n) is 27.8. The number of nitrogens with one attached hydrogen (secondary N) is 8. The number of hydrogen-bond donors (Lipinski definition) is 20. The molecule has 10 amide bonds. The minimum absolute atomic E-state index is 0.00362. The van der Waals surface area contributed by atoms with Crippen molar-refractivity contribution < 1.29 is 103 Å². The molecule has 0 saturated carbocycles. The van der Waals surface area contributed by atoms with Gasteiger partial charge in [-0.2, -0.15) is 0 Å². The van der Waals surface area contributed by atoms with Crippen LogP contribution in [0.4, 0.5) is 0 Å². The highest BCUT2D eigenvalue weighted by Crippen LogP contribution is 2.25. The van der Waals surface area contributed by atoms with Gasteiger partial charge in [-0.3, -0.25) is 47.9 Å². The van der Waals surface area contributed by atoms with Crippen molar-refractivity contribution in [3.05, 3.63) is 29.8 Å². The molecule has 474 valence electrons. The monoisotopic (exact) mass is 1200 g/mol. The quantitative estimate of drug-likeness (QED) is 0.0383. The SMILES string of the molecule is CCCCCCCCCCC[C@@H](O[C@H]1OC[C@@H](O)[C@H](O)[C@H]1O)[C@H](O)[C@H](O)C[C@@H]1CC(=O)N[C@@H](CO)C(=O)N[C@H]([C@H](O)c2ccc(O)cc2)C(=O)N[C@H](CCN)C(=O)NCC(=O)N[C@@H](CC(N)=O)C(=O)N[C@H](CO)C(=O)N[C@@H](CC(N)=O)C(=O)N1. The number of carbonyl (C=O) groups excluding carboxylic acids is 10. The number of carbonyl (C=O) groups is 10. The summed E-state index contributed by atoms with van der Waals surface area (Å²) >= 11 is 0. The van der Waals surface area contributed by atoms with Gasteiger partial charge in [0.05, 0.1) is 51.4 Å². The van der Waals surface area contributed by atoms with Crippen LogP contribution < -0.4 is 59.7 Å². The predicted octanol–water partition coefficient (Wildman–Crippen LogP) is -7.72. The van der Waals surface area contributed by atoms with Gasteiger partial charge in [0.15, 0.2) is 6.29 Å². The van der Waals surface area contributed by atoms with Crippen LogP contribution in [0.2, 0.25) is 0 Å². The number of phenolic OH excluding ortho intramolecular Hbond substituents is 1. The van der Waals surface area contributed by atoms with Gasteiger partial charge in [-0.15, -0.1) is 0 Å². The number of amides is 10. The predicted molar refractivity (Wildman–Crippen MR) is 291 cm³/mol. The smallest absolute Gasteiger partial charge is 0.246 e. The fourth-order valence-electron chi connectivity index (χ4n) is 9.09. The summed E-state index contributed by atoms with van der Waals surface area (Å²) in [6, 6.07) is -8.76. The van der Waals surface area contributed by atoms with Gasteiger partial charge in [-0.05, 0) is 43.5 Å². The standard InChI is InChI=1S/C52H85N11O21/c1-2-3-4-5-6-7-8-9-10-11-36(84-52-45(76)44(75)35(68)25-83-52)43(74)34(67)18-27-19-39(71)59-32(23-64)50(81)63-41(42(73)26-12-14-28(66)15-13-26)51(82)60-29(16-17-53)46(77)56-22-40(72)58-30(20-37(54)69)48(79)62-33(24-65)49(80)61-31(21-38(55)70)47(78)57-27/h12-15,27,29-36,41-45,52,64-68,73-76H,2-11,16-25,53H2,1H3,(H2,54,69)(H2,55,70)(H,56,77)(H,57,78)(H,58,72)(H,59,71)(H,60,82)(H,61,80)(H,62,79)(H,63,81)/t27-,29-,30+,31+,32+,33-,34-,35-,36-,41-,42-,43-,44+,45-,52-/m1/s1. The second-order valence-corrected chi connectivity index (χ2v) is 20.7.